The fraction of sp³-hybridized carbons (Fsp3) is 0.533. The first kappa shape index (κ1) is 12.8. The smallest absolute Gasteiger partial charge is 0.136 e. The molecule has 3 aliphatic heterocycles. The van der Waals surface area contributed by atoms with Crippen LogP contribution in [0, 0.1) is 0 Å². The van der Waals surface area contributed by atoms with Crippen molar-refractivity contribution in [1.29, 1.82) is 0 Å². The van der Waals surface area contributed by atoms with Crippen molar-refractivity contribution in [3.63, 3.8) is 0 Å². The number of hydrogen-bond donors (Lipinski definition) is 1. The number of carbonyl (C=O) groups is 1. The van der Waals surface area contributed by atoms with Gasteiger partial charge >= 0.3 is 0 Å². The molecule has 1 saturated heterocycles. The fourth-order valence-corrected chi connectivity index (χ4v) is 4.06. The van der Waals surface area contributed by atoms with E-state index in [4.69, 9.17) is 10.5 Å². The van der Waals surface area contributed by atoms with Crippen LogP contribution in [-0.2, 0) is 11.3 Å². The maximum absolute atomic E-state index is 11.2. The average molecular weight is 288 g/mol. The van der Waals surface area contributed by atoms with Crippen molar-refractivity contribution in [1.82, 2.24) is 4.90 Å². The van der Waals surface area contributed by atoms with E-state index < -0.39 is 6.09 Å². The molecule has 0 radical (unpaired) electrons. The molecule has 1 aromatic carbocycles. The van der Waals surface area contributed by atoms with Gasteiger partial charge in [0.1, 0.15) is 6.09 Å². The van der Waals surface area contributed by atoms with Crippen molar-refractivity contribution < 1.29 is 14.6 Å². The summed E-state index contributed by atoms with van der Waals surface area (Å²) in [4.78, 5) is 15.0. The predicted molar refractivity (Wildman–Crippen MR) is 76.0 cm³/mol. The van der Waals surface area contributed by atoms with Gasteiger partial charge in [0.25, 0.3) is 0 Å². The Morgan fingerprint density at radius 2 is 2.24 bits per heavy atom. The van der Waals surface area contributed by atoms with E-state index in [1.165, 1.54) is 16.2 Å². The normalized spacial score (nSPS) is 27.0. The molecule has 1 amide bonds. The van der Waals surface area contributed by atoms with Crippen LogP contribution in [0.5, 0.6) is 0 Å². The van der Waals surface area contributed by atoms with Crippen molar-refractivity contribution in [2.45, 2.75) is 25.0 Å². The number of nitrogens with two attached hydrogens (primary N) is 1. The molecule has 0 saturated carbocycles. The van der Waals surface area contributed by atoms with Gasteiger partial charge in [-0.15, -0.1) is 0 Å². The standard InChI is InChI=1S/C15H19N3O3/c16-10-5-9-8-21-4-3-18-13-1-2-17(15(19)20)7-12(13)11(6-10)14(9)18/h5-6,12-13H,1-4,7-8,16H2,(H,19,20)/p-1. The summed E-state index contributed by atoms with van der Waals surface area (Å²) in [5, 5.41) is 11.2. The van der Waals surface area contributed by atoms with Gasteiger partial charge in [-0.1, -0.05) is 0 Å². The second-order valence-corrected chi connectivity index (χ2v) is 6.04. The zero-order valence-electron chi connectivity index (χ0n) is 11.7. The minimum atomic E-state index is -1.08. The van der Waals surface area contributed by atoms with Gasteiger partial charge in [0.2, 0.25) is 0 Å². The van der Waals surface area contributed by atoms with E-state index in [0.29, 0.717) is 32.3 Å². The van der Waals surface area contributed by atoms with E-state index in [0.717, 1.165) is 24.2 Å². The lowest BCUT2D eigenvalue weighted by atomic mass is 9.88. The van der Waals surface area contributed by atoms with Crippen molar-refractivity contribution >= 4 is 17.5 Å². The van der Waals surface area contributed by atoms with Crippen LogP contribution in [0.2, 0.25) is 0 Å². The minimum absolute atomic E-state index is 0.187. The SMILES string of the molecule is Nc1cc2c3c(c1)C1CN(C(=O)[O-])CCC1N3CCOC2. The molecule has 0 aliphatic carbocycles. The molecule has 2 atom stereocenters. The number of carbonyl (C=O) groups excluding carboxylic acids is 1. The summed E-state index contributed by atoms with van der Waals surface area (Å²) < 4.78 is 5.66. The molecule has 3 heterocycles. The number of anilines is 2. The highest BCUT2D eigenvalue weighted by Gasteiger charge is 2.43. The summed E-state index contributed by atoms with van der Waals surface area (Å²) in [6, 6.07) is 4.32. The van der Waals surface area contributed by atoms with E-state index in [9.17, 15) is 9.90 Å². The summed E-state index contributed by atoms with van der Waals surface area (Å²) in [6.45, 7) is 3.17. The number of piperidine rings is 1. The summed E-state index contributed by atoms with van der Waals surface area (Å²) in [6.07, 6.45) is -0.250. The van der Waals surface area contributed by atoms with Crippen LogP contribution in [0.3, 0.4) is 0 Å². The molecule has 1 fully saturated rings. The van der Waals surface area contributed by atoms with Crippen LogP contribution in [0.15, 0.2) is 12.1 Å². The first-order valence-electron chi connectivity index (χ1n) is 7.38. The van der Waals surface area contributed by atoms with Crippen molar-refractivity contribution in [2.24, 2.45) is 0 Å². The Morgan fingerprint density at radius 3 is 3.05 bits per heavy atom. The number of likely N-dealkylation sites (tertiary alicyclic amines) is 1. The van der Waals surface area contributed by atoms with Gasteiger partial charge in [-0.3, -0.25) is 0 Å². The largest absolute Gasteiger partial charge is 0.530 e. The van der Waals surface area contributed by atoms with E-state index >= 15 is 0 Å². The quantitative estimate of drug-likeness (QED) is 0.686. The zero-order valence-corrected chi connectivity index (χ0v) is 11.7. The molecular weight excluding hydrogens is 270 g/mol. The molecule has 0 aromatic heterocycles. The van der Waals surface area contributed by atoms with E-state index in [2.05, 4.69) is 4.90 Å². The van der Waals surface area contributed by atoms with Gasteiger partial charge < -0.3 is 30.2 Å². The molecule has 112 valence electrons. The number of nitrogens with zero attached hydrogens (tertiary/aromatic N) is 2. The van der Waals surface area contributed by atoms with Crippen LogP contribution in [-0.4, -0.2) is 43.3 Å². The number of benzene rings is 1. The molecule has 4 rings (SSSR count). The third kappa shape index (κ3) is 1.86. The van der Waals surface area contributed by atoms with Gasteiger partial charge in [-0.2, -0.15) is 0 Å². The maximum atomic E-state index is 11.2. The first-order chi connectivity index (χ1) is 10.1. The van der Waals surface area contributed by atoms with Gasteiger partial charge in [0, 0.05) is 48.5 Å². The maximum Gasteiger partial charge on any atom is 0.136 e. The van der Waals surface area contributed by atoms with Crippen molar-refractivity contribution in [3.8, 4) is 0 Å². The Balaban J connectivity index is 1.80. The molecule has 6 nitrogen and oxygen atoms in total. The monoisotopic (exact) mass is 288 g/mol. The molecule has 0 spiro atoms. The Kier molecular flexibility index (Phi) is 2.75. The number of rotatable bonds is 0. The summed E-state index contributed by atoms with van der Waals surface area (Å²) in [7, 11) is 0. The molecule has 1 aromatic rings. The average Bonchev–Trinajstić information content (AvgIpc) is 2.62. The predicted octanol–water partition coefficient (Wildman–Crippen LogP) is 0.120. The Morgan fingerprint density at radius 1 is 1.38 bits per heavy atom. The number of carboxylic acid groups (broad SMARTS) is 1. The summed E-state index contributed by atoms with van der Waals surface area (Å²) in [5.41, 5.74) is 10.3. The van der Waals surface area contributed by atoms with E-state index in [1.807, 2.05) is 12.1 Å². The Hall–Kier alpha value is -1.95. The third-order valence-electron chi connectivity index (χ3n) is 4.90. The molecule has 0 bridgehead atoms. The van der Waals surface area contributed by atoms with Gasteiger partial charge in [-0.05, 0) is 24.1 Å². The lowest BCUT2D eigenvalue weighted by Crippen LogP contribution is -2.52. The van der Waals surface area contributed by atoms with Crippen LogP contribution in [0.25, 0.3) is 0 Å². The van der Waals surface area contributed by atoms with Crippen LogP contribution in [0.1, 0.15) is 23.5 Å². The zero-order chi connectivity index (χ0) is 14.6. The molecule has 2 unspecified atom stereocenters. The van der Waals surface area contributed by atoms with Crippen molar-refractivity contribution in [2.75, 3.05) is 36.9 Å². The molecule has 3 aliphatic rings. The highest BCUT2D eigenvalue weighted by Crippen LogP contribution is 2.48. The van der Waals surface area contributed by atoms with E-state index in [1.54, 1.807) is 0 Å². The summed E-state index contributed by atoms with van der Waals surface area (Å²) >= 11 is 0. The van der Waals surface area contributed by atoms with Gasteiger partial charge in [-0.25, -0.2) is 0 Å². The van der Waals surface area contributed by atoms with Crippen LogP contribution in [0.4, 0.5) is 16.2 Å². The third-order valence-corrected chi connectivity index (χ3v) is 4.90. The van der Waals surface area contributed by atoms with Crippen LogP contribution < -0.4 is 15.7 Å². The lowest BCUT2D eigenvalue weighted by Gasteiger charge is -2.39. The number of hydrogen-bond acceptors (Lipinski definition) is 5. The first-order valence-corrected chi connectivity index (χ1v) is 7.38. The molecular formula is C15H18N3O3-. The van der Waals surface area contributed by atoms with Gasteiger partial charge in [0.15, 0.2) is 0 Å². The number of amides is 1. The lowest BCUT2D eigenvalue weighted by molar-refractivity contribution is -0.266. The topological polar surface area (TPSA) is 81.9 Å². The number of nitrogen functional groups attached to an aromatic ring is 1. The van der Waals surface area contributed by atoms with Crippen LogP contribution >= 0.6 is 0 Å². The summed E-state index contributed by atoms with van der Waals surface area (Å²) in [5.74, 6) is 0.187. The highest BCUT2D eigenvalue weighted by molar-refractivity contribution is 5.72. The number of fused-ring (bicyclic) bond motifs is 3. The second-order valence-electron chi connectivity index (χ2n) is 6.04. The fourth-order valence-electron chi connectivity index (χ4n) is 4.06. The van der Waals surface area contributed by atoms with Gasteiger partial charge in [0.05, 0.1) is 13.2 Å². The molecule has 6 heteroatoms. The van der Waals surface area contributed by atoms with E-state index in [-0.39, 0.29) is 5.92 Å². The molecule has 21 heavy (non-hydrogen) atoms. The number of ether oxygens (including phenoxy) is 1. The molecule has 2 N–H and O–H groups in total. The van der Waals surface area contributed by atoms with Crippen molar-refractivity contribution in [3.05, 3.63) is 23.3 Å². The minimum Gasteiger partial charge on any atom is -0.530 e. The Bertz CT molecular complexity index is 604. The highest BCUT2D eigenvalue weighted by atomic mass is 16.5. The second kappa shape index (κ2) is 4.53. The Labute approximate surface area is 123 Å².